The van der Waals surface area contributed by atoms with Crippen molar-refractivity contribution in [2.75, 3.05) is 20.3 Å². The van der Waals surface area contributed by atoms with Gasteiger partial charge in [0, 0.05) is 7.11 Å². The molecule has 1 atom stereocenters. The van der Waals surface area contributed by atoms with E-state index in [1.807, 2.05) is 37.3 Å². The van der Waals surface area contributed by atoms with Gasteiger partial charge in [-0.15, -0.1) is 0 Å². The molecule has 5 heteroatoms. The summed E-state index contributed by atoms with van der Waals surface area (Å²) in [6.07, 6.45) is 0. The lowest BCUT2D eigenvalue weighted by Gasteiger charge is -2.21. The van der Waals surface area contributed by atoms with Gasteiger partial charge in [0.2, 0.25) is 0 Å². The number of rotatable bonds is 4. The third kappa shape index (κ3) is 2.36. The largest absolute Gasteiger partial charge is 0.383 e. The Balaban J connectivity index is 2.16. The summed E-state index contributed by atoms with van der Waals surface area (Å²) in [4.78, 5) is 16.3. The summed E-state index contributed by atoms with van der Waals surface area (Å²) in [5.41, 5.74) is 0.159. The first kappa shape index (κ1) is 12.6. The fraction of sp³-hybridized carbons (Fsp3) is 0.385. The number of benzene rings is 1. The lowest BCUT2D eigenvalue weighted by Crippen LogP contribution is -2.40. The van der Waals surface area contributed by atoms with Crippen molar-refractivity contribution in [3.8, 4) is 0 Å². The Morgan fingerprint density at radius 2 is 2.06 bits per heavy atom. The predicted octanol–water partition coefficient (Wildman–Crippen LogP) is 0.624. The monoisotopic (exact) mass is 247 g/mol. The molecule has 0 radical (unpaired) electrons. The van der Waals surface area contributed by atoms with Gasteiger partial charge in [-0.05, 0) is 12.5 Å². The Morgan fingerprint density at radius 1 is 1.33 bits per heavy atom. The van der Waals surface area contributed by atoms with Crippen LogP contribution in [0.15, 0.2) is 35.3 Å². The van der Waals surface area contributed by atoms with Crippen molar-refractivity contribution >= 4 is 11.9 Å². The molecule has 5 nitrogen and oxygen atoms in total. The van der Waals surface area contributed by atoms with Crippen LogP contribution in [0.5, 0.6) is 0 Å². The molecular formula is C13H17N3O2. The van der Waals surface area contributed by atoms with Crippen molar-refractivity contribution in [3.63, 3.8) is 0 Å². The highest BCUT2D eigenvalue weighted by molar-refractivity contribution is 6.09. The molecule has 1 aliphatic heterocycles. The van der Waals surface area contributed by atoms with E-state index >= 15 is 0 Å². The summed E-state index contributed by atoms with van der Waals surface area (Å²) in [6.45, 7) is 2.89. The summed E-state index contributed by atoms with van der Waals surface area (Å²) >= 11 is 0. The zero-order chi connectivity index (χ0) is 13.0. The van der Waals surface area contributed by atoms with Gasteiger partial charge in [-0.1, -0.05) is 30.3 Å². The van der Waals surface area contributed by atoms with Crippen LogP contribution in [0.4, 0.5) is 0 Å². The average Bonchev–Trinajstić information content (AvgIpc) is 2.68. The lowest BCUT2D eigenvalue weighted by atomic mass is 9.92. The first-order chi connectivity index (χ1) is 8.66. The molecule has 2 N–H and O–H groups in total. The molecule has 1 aromatic carbocycles. The normalized spacial score (nSPS) is 25.0. The topological polar surface area (TPSA) is 62.7 Å². The van der Waals surface area contributed by atoms with Gasteiger partial charge in [-0.25, -0.2) is 0 Å². The Labute approximate surface area is 106 Å². The van der Waals surface area contributed by atoms with Crippen molar-refractivity contribution in [3.05, 3.63) is 35.9 Å². The second kappa shape index (κ2) is 5.18. The van der Waals surface area contributed by atoms with Crippen LogP contribution >= 0.6 is 0 Å². The number of amides is 1. The summed E-state index contributed by atoms with van der Waals surface area (Å²) in [7, 11) is 1.62. The predicted molar refractivity (Wildman–Crippen MR) is 69.3 cm³/mol. The number of carbonyl (C=O) groups excluding carboxylic acids is 1. The lowest BCUT2D eigenvalue weighted by molar-refractivity contribution is -0.123. The number of hydrogen-bond acceptors (Lipinski definition) is 3. The summed E-state index contributed by atoms with van der Waals surface area (Å²) in [5, 5.41) is 5.87. The molecule has 0 bridgehead atoms. The van der Waals surface area contributed by atoms with Gasteiger partial charge in [0.15, 0.2) is 5.96 Å². The molecule has 1 fully saturated rings. The minimum absolute atomic E-state index is 0.0927. The van der Waals surface area contributed by atoms with E-state index in [2.05, 4.69) is 15.6 Å². The molecule has 18 heavy (non-hydrogen) atoms. The molecule has 0 aliphatic carbocycles. The number of guanidine groups is 1. The van der Waals surface area contributed by atoms with Crippen LogP contribution in [0, 0.1) is 0 Å². The minimum atomic E-state index is -0.757. The molecule has 1 heterocycles. The third-order valence-electron chi connectivity index (χ3n) is 2.97. The van der Waals surface area contributed by atoms with Crippen LogP contribution in [-0.4, -0.2) is 32.1 Å². The van der Waals surface area contributed by atoms with Crippen LogP contribution in [-0.2, 0) is 15.1 Å². The van der Waals surface area contributed by atoms with E-state index in [-0.39, 0.29) is 5.91 Å². The van der Waals surface area contributed by atoms with Crippen molar-refractivity contribution in [2.24, 2.45) is 4.99 Å². The minimum Gasteiger partial charge on any atom is -0.383 e. The maximum absolute atomic E-state index is 12.1. The molecule has 1 aliphatic rings. The van der Waals surface area contributed by atoms with E-state index in [0.29, 0.717) is 19.1 Å². The Hall–Kier alpha value is -1.88. The van der Waals surface area contributed by atoms with E-state index < -0.39 is 5.54 Å². The van der Waals surface area contributed by atoms with Crippen LogP contribution in [0.25, 0.3) is 0 Å². The first-order valence-electron chi connectivity index (χ1n) is 5.85. The number of carbonyl (C=O) groups is 1. The molecule has 2 rings (SSSR count). The first-order valence-corrected chi connectivity index (χ1v) is 5.85. The van der Waals surface area contributed by atoms with Crippen molar-refractivity contribution in [1.29, 1.82) is 0 Å². The molecule has 0 spiro atoms. The summed E-state index contributed by atoms with van der Waals surface area (Å²) in [6, 6.07) is 9.59. The van der Waals surface area contributed by atoms with Gasteiger partial charge in [0.05, 0.1) is 13.2 Å². The zero-order valence-corrected chi connectivity index (χ0v) is 10.6. The number of nitrogens with one attached hydrogen (secondary N) is 2. The zero-order valence-electron chi connectivity index (χ0n) is 10.6. The van der Waals surface area contributed by atoms with Gasteiger partial charge in [-0.3, -0.25) is 15.1 Å². The highest BCUT2D eigenvalue weighted by atomic mass is 16.5. The van der Waals surface area contributed by atoms with Crippen LogP contribution in [0.1, 0.15) is 12.5 Å². The van der Waals surface area contributed by atoms with Crippen molar-refractivity contribution in [2.45, 2.75) is 12.5 Å². The molecule has 1 aromatic rings. The van der Waals surface area contributed by atoms with Gasteiger partial charge in [0.25, 0.3) is 5.91 Å². The van der Waals surface area contributed by atoms with Crippen LogP contribution in [0.2, 0.25) is 0 Å². The maximum Gasteiger partial charge on any atom is 0.256 e. The van der Waals surface area contributed by atoms with Crippen molar-refractivity contribution < 1.29 is 9.53 Å². The number of aliphatic imine (C=N–C) groups is 1. The van der Waals surface area contributed by atoms with E-state index in [4.69, 9.17) is 4.74 Å². The molecule has 1 unspecified atom stereocenters. The summed E-state index contributed by atoms with van der Waals surface area (Å²) < 4.78 is 4.92. The quantitative estimate of drug-likeness (QED) is 0.767. The highest BCUT2D eigenvalue weighted by Gasteiger charge is 2.42. The van der Waals surface area contributed by atoms with Crippen LogP contribution < -0.4 is 10.6 Å². The Bertz CT molecular complexity index is 459. The van der Waals surface area contributed by atoms with Gasteiger partial charge >= 0.3 is 0 Å². The number of methoxy groups -OCH3 is 1. The fourth-order valence-electron chi connectivity index (χ4n) is 1.86. The molecule has 1 saturated heterocycles. The summed E-state index contributed by atoms with van der Waals surface area (Å²) in [5.74, 6) is 0.410. The van der Waals surface area contributed by atoms with Crippen molar-refractivity contribution in [1.82, 2.24) is 10.6 Å². The maximum atomic E-state index is 12.1. The van der Waals surface area contributed by atoms with E-state index in [1.165, 1.54) is 0 Å². The number of hydrogen-bond donors (Lipinski definition) is 2. The second-order valence-corrected chi connectivity index (χ2v) is 4.29. The third-order valence-corrected chi connectivity index (χ3v) is 2.97. The second-order valence-electron chi connectivity index (χ2n) is 4.29. The average molecular weight is 247 g/mol. The molecule has 0 aromatic heterocycles. The van der Waals surface area contributed by atoms with Gasteiger partial charge in [-0.2, -0.15) is 0 Å². The van der Waals surface area contributed by atoms with Gasteiger partial charge < -0.3 is 10.1 Å². The number of nitrogens with zero attached hydrogens (tertiary/aromatic N) is 1. The Morgan fingerprint density at radius 3 is 2.72 bits per heavy atom. The van der Waals surface area contributed by atoms with E-state index in [1.54, 1.807) is 7.11 Å². The number of ether oxygens (including phenoxy) is 1. The standard InChI is InChI=1S/C13H17N3O2/c1-13(10-6-4-3-5-7-10)11(17)15-12(16-13)14-8-9-18-2/h3-7H,8-9H2,1-2H3,(H2,14,15,16,17). The SMILES string of the molecule is COCCN=C1NC(=O)C(C)(c2ccccc2)N1. The van der Waals surface area contributed by atoms with E-state index in [0.717, 1.165) is 5.56 Å². The molecular weight excluding hydrogens is 230 g/mol. The van der Waals surface area contributed by atoms with Gasteiger partial charge in [0.1, 0.15) is 5.54 Å². The van der Waals surface area contributed by atoms with Crippen LogP contribution in [0.3, 0.4) is 0 Å². The van der Waals surface area contributed by atoms with E-state index in [9.17, 15) is 4.79 Å². The molecule has 1 amide bonds. The highest BCUT2D eigenvalue weighted by Crippen LogP contribution is 2.23. The smallest absolute Gasteiger partial charge is 0.256 e. The fourth-order valence-corrected chi connectivity index (χ4v) is 1.86. The molecule has 96 valence electrons. The Kier molecular flexibility index (Phi) is 3.62. The molecule has 0 saturated carbocycles.